The Bertz CT molecular complexity index is 1510. The van der Waals surface area contributed by atoms with E-state index in [2.05, 4.69) is 28.5 Å². The summed E-state index contributed by atoms with van der Waals surface area (Å²) in [6.45, 7) is 9.66. The fourth-order valence-corrected chi connectivity index (χ4v) is 7.09. The molecule has 2 aromatic rings. The molecule has 1 atom stereocenters. The van der Waals surface area contributed by atoms with Crippen LogP contribution in [0.4, 0.5) is 11.4 Å². The molecule has 0 aliphatic carbocycles. The largest absolute Gasteiger partial charge is 1.00 e. The number of hydrogen-bond acceptors (Lipinski definition) is 8. The third-order valence-corrected chi connectivity index (χ3v) is 8.86. The third-order valence-electron chi connectivity index (χ3n) is 8.05. The Morgan fingerprint density at radius 1 is 1.23 bits per heavy atom. The Kier molecular flexibility index (Phi) is 9.67. The first-order chi connectivity index (χ1) is 18.6. The molecule has 0 saturated heterocycles. The molecule has 11 heteroatoms. The zero-order valence-corrected chi connectivity index (χ0v) is 26.8. The van der Waals surface area contributed by atoms with Gasteiger partial charge in [-0.2, -0.15) is 0 Å². The number of unbranched alkanes of at least 4 members (excludes halogenated alkanes) is 1. The second-order valence-corrected chi connectivity index (χ2v) is 12.8. The van der Waals surface area contributed by atoms with Gasteiger partial charge in [0.05, 0.1) is 22.8 Å². The number of fused-ring (bicyclic) bond motifs is 4. The molecule has 2 aromatic carbocycles. The van der Waals surface area contributed by atoms with Crippen LogP contribution in [-0.4, -0.2) is 57.0 Å². The van der Waals surface area contributed by atoms with Crippen LogP contribution in [0.15, 0.2) is 29.3 Å². The number of carbonyl (C=O) groups excluding carboxylic acids is 1. The molecule has 0 radical (unpaired) electrons. The van der Waals surface area contributed by atoms with Crippen LogP contribution in [-0.2, 0) is 26.1 Å². The number of hydrogen-bond donors (Lipinski definition) is 0. The topological polar surface area (TPSA) is 111 Å². The van der Waals surface area contributed by atoms with E-state index in [1.807, 2.05) is 26.0 Å². The molecule has 0 spiro atoms. The Labute approximate surface area is 258 Å². The van der Waals surface area contributed by atoms with Crippen molar-refractivity contribution in [3.63, 3.8) is 0 Å². The molecular formula is C29H37N3NaO6S+. The van der Waals surface area contributed by atoms with Gasteiger partial charge in [0.25, 0.3) is 6.47 Å². The molecular weight excluding hydrogens is 541 g/mol. The molecule has 0 bridgehead atoms. The van der Waals surface area contributed by atoms with Gasteiger partial charge in [-0.05, 0) is 50.8 Å². The minimum Gasteiger partial charge on any atom is -0.748 e. The summed E-state index contributed by atoms with van der Waals surface area (Å²) in [6.07, 6.45) is 5.49. The smallest absolute Gasteiger partial charge is 0.748 e. The van der Waals surface area contributed by atoms with E-state index >= 15 is 0 Å². The molecule has 0 aromatic heterocycles. The number of carbonyl (C=O) groups is 1. The molecule has 3 aliphatic rings. The van der Waals surface area contributed by atoms with Gasteiger partial charge in [-0.1, -0.05) is 13.3 Å². The van der Waals surface area contributed by atoms with Crippen LogP contribution >= 0.6 is 0 Å². The fourth-order valence-electron chi connectivity index (χ4n) is 6.30. The van der Waals surface area contributed by atoms with Crippen LogP contribution in [0.25, 0.3) is 0 Å². The van der Waals surface area contributed by atoms with Crippen molar-refractivity contribution < 1.29 is 56.8 Å². The maximum absolute atomic E-state index is 11.9. The molecule has 40 heavy (non-hydrogen) atoms. The summed E-state index contributed by atoms with van der Waals surface area (Å²) in [5.74, 6) is 0.387. The normalized spacial score (nSPS) is 18.6. The van der Waals surface area contributed by atoms with Crippen LogP contribution in [0.5, 0.6) is 11.5 Å². The zero-order chi connectivity index (χ0) is 27.8. The zero-order valence-electron chi connectivity index (χ0n) is 23.9. The maximum atomic E-state index is 11.9. The molecule has 5 rings (SSSR count). The molecule has 3 heterocycles. The summed E-state index contributed by atoms with van der Waals surface area (Å²) < 4.78 is 49.4. The van der Waals surface area contributed by atoms with E-state index in [4.69, 9.17) is 14.5 Å². The van der Waals surface area contributed by atoms with Crippen molar-refractivity contribution in [2.45, 2.75) is 70.8 Å². The van der Waals surface area contributed by atoms with Gasteiger partial charge in [0.1, 0.15) is 24.1 Å². The summed E-state index contributed by atoms with van der Waals surface area (Å²) in [6, 6.07) is 8.04. The predicted molar refractivity (Wildman–Crippen MR) is 148 cm³/mol. The van der Waals surface area contributed by atoms with E-state index in [9.17, 15) is 17.8 Å². The van der Waals surface area contributed by atoms with Gasteiger partial charge in [0, 0.05) is 53.9 Å². The van der Waals surface area contributed by atoms with Gasteiger partial charge in [-0.15, -0.1) is 0 Å². The number of aryl methyl sites for hydroxylation is 1. The number of nitrogens with zero attached hydrogens (tertiary/aromatic N) is 3. The van der Waals surface area contributed by atoms with Gasteiger partial charge >= 0.3 is 29.6 Å². The van der Waals surface area contributed by atoms with Crippen molar-refractivity contribution >= 4 is 28.0 Å². The molecule has 9 nitrogen and oxygen atoms in total. The first-order valence-electron chi connectivity index (χ1n) is 13.9. The molecule has 0 N–H and O–H groups in total. The average molecular weight is 579 g/mol. The summed E-state index contributed by atoms with van der Waals surface area (Å²) in [7, 11) is -4.44. The monoisotopic (exact) mass is 578 g/mol. The third kappa shape index (κ3) is 6.57. The second kappa shape index (κ2) is 12.5. The van der Waals surface area contributed by atoms with E-state index < -0.39 is 27.3 Å². The van der Waals surface area contributed by atoms with Crippen molar-refractivity contribution in [3.05, 3.63) is 46.1 Å². The van der Waals surface area contributed by atoms with Crippen molar-refractivity contribution in [2.24, 2.45) is 4.99 Å². The van der Waals surface area contributed by atoms with Crippen molar-refractivity contribution in [2.75, 3.05) is 36.9 Å². The van der Waals surface area contributed by atoms with E-state index in [1.54, 1.807) is 0 Å². The minimum atomic E-state index is -4.44. The van der Waals surface area contributed by atoms with Crippen LogP contribution in [0.2, 0.25) is 0 Å². The van der Waals surface area contributed by atoms with Crippen molar-refractivity contribution in [1.82, 2.24) is 4.58 Å². The number of anilines is 1. The average Bonchev–Trinajstić information content (AvgIpc) is 2.87. The quantitative estimate of drug-likeness (QED) is 0.111. The molecule has 0 amide bonds. The van der Waals surface area contributed by atoms with E-state index in [0.717, 1.165) is 55.4 Å². The molecule has 210 valence electrons. The SMILES string of the molecule is CCCC[N+]1=c2cc3c(cc2CCC1)=Nc1cc2c(cc1O3)N(CCCOC=O)C(C)(C)CC2CS(=O)(=O)[O-].[Na+]. The first-order valence-corrected chi connectivity index (χ1v) is 15.4. The van der Waals surface area contributed by atoms with Gasteiger partial charge in [-0.25, -0.2) is 18.0 Å². The summed E-state index contributed by atoms with van der Waals surface area (Å²) >= 11 is 0. The van der Waals surface area contributed by atoms with Crippen LogP contribution < -0.4 is 54.5 Å². The number of ether oxygens (including phenoxy) is 2. The van der Waals surface area contributed by atoms with E-state index in [-0.39, 0.29) is 36.2 Å². The number of rotatable bonds is 10. The van der Waals surface area contributed by atoms with Gasteiger partial charge in [0.2, 0.25) is 5.36 Å². The van der Waals surface area contributed by atoms with Gasteiger partial charge in [-0.3, -0.25) is 4.79 Å². The molecule has 0 fully saturated rings. The predicted octanol–water partition coefficient (Wildman–Crippen LogP) is 0.166. The standard InChI is InChI=1S/C29H37N3O6S.Na/c1-4-5-9-31-10-6-8-20-13-23-27(15-25(20)31)38-28-16-26-22(14-24(28)30-23)21(18-39(34,35)36)17-29(2,3)32(26)11-7-12-37-19-33;/h13-16,19,21H,4-12,17-18H2,1-3H3;/q;+1. The summed E-state index contributed by atoms with van der Waals surface area (Å²) in [5, 5.41) is 1.98. The van der Waals surface area contributed by atoms with Crippen molar-refractivity contribution in [3.8, 4) is 11.5 Å². The van der Waals surface area contributed by atoms with Crippen molar-refractivity contribution in [1.29, 1.82) is 0 Å². The molecule has 3 aliphatic heterocycles. The van der Waals surface area contributed by atoms with Gasteiger partial charge in [0.15, 0.2) is 11.5 Å². The van der Waals surface area contributed by atoms with Crippen LogP contribution in [0, 0.1) is 0 Å². The molecule has 1 unspecified atom stereocenters. The fraction of sp³-hybridized carbons (Fsp3) is 0.552. The maximum Gasteiger partial charge on any atom is 1.00 e. The van der Waals surface area contributed by atoms with Crippen LogP contribution in [0.1, 0.15) is 69.9 Å². The van der Waals surface area contributed by atoms with Crippen LogP contribution in [0.3, 0.4) is 0 Å². The Morgan fingerprint density at radius 2 is 2.02 bits per heavy atom. The molecule has 0 saturated carbocycles. The summed E-state index contributed by atoms with van der Waals surface area (Å²) in [5.41, 5.74) is 3.08. The Balaban J connectivity index is 0.00000370. The minimum absolute atomic E-state index is 0. The first kappa shape index (κ1) is 31.0. The Hall–Kier alpha value is -1.98. The second-order valence-electron chi connectivity index (χ2n) is 11.4. The summed E-state index contributed by atoms with van der Waals surface area (Å²) in [4.78, 5) is 17.8. The van der Waals surface area contributed by atoms with E-state index in [1.165, 1.54) is 10.9 Å². The number of benzene rings is 2. The Morgan fingerprint density at radius 3 is 2.75 bits per heavy atom. The van der Waals surface area contributed by atoms with Gasteiger partial charge < -0.3 is 18.9 Å². The van der Waals surface area contributed by atoms with E-state index in [0.29, 0.717) is 43.0 Å².